The van der Waals surface area contributed by atoms with Crippen molar-refractivity contribution in [1.82, 2.24) is 10.0 Å². The Kier molecular flexibility index (Phi) is 6.60. The van der Waals surface area contributed by atoms with Gasteiger partial charge in [0, 0.05) is 6.54 Å². The molecule has 0 aliphatic heterocycles. The number of ether oxygens (including phenoxy) is 2. The highest BCUT2D eigenvalue weighted by atomic mass is 32.2. The number of carbonyl (C=O) groups excluding carboxylic acids is 1. The first-order chi connectivity index (χ1) is 11.9. The van der Waals surface area contributed by atoms with Crippen LogP contribution in [-0.4, -0.2) is 47.6 Å². The van der Waals surface area contributed by atoms with Crippen molar-refractivity contribution in [1.29, 1.82) is 0 Å². The van der Waals surface area contributed by atoms with E-state index in [4.69, 9.17) is 4.74 Å². The van der Waals surface area contributed by atoms with Crippen LogP contribution in [0, 0.1) is 0 Å². The van der Waals surface area contributed by atoms with Crippen molar-refractivity contribution >= 4 is 26.9 Å². The first kappa shape index (κ1) is 19.0. The van der Waals surface area contributed by atoms with Gasteiger partial charge in [0.25, 0.3) is 0 Å². The third-order valence-electron chi connectivity index (χ3n) is 3.48. The molecule has 2 aromatic rings. The zero-order valence-electron chi connectivity index (χ0n) is 14.2. The lowest BCUT2D eigenvalue weighted by Gasteiger charge is -2.09. The number of hydrogen-bond donors (Lipinski definition) is 2. The summed E-state index contributed by atoms with van der Waals surface area (Å²) >= 11 is 0. The fourth-order valence-corrected chi connectivity index (χ4v) is 2.77. The van der Waals surface area contributed by atoms with E-state index in [1.165, 1.54) is 7.11 Å². The van der Waals surface area contributed by atoms with Gasteiger partial charge in [0.2, 0.25) is 10.0 Å². The smallest absolute Gasteiger partial charge is 0.406 e. The van der Waals surface area contributed by atoms with E-state index in [1.54, 1.807) is 0 Å². The molecule has 1 amide bonds. The molecule has 0 aliphatic carbocycles. The first-order valence-electron chi connectivity index (χ1n) is 7.79. The van der Waals surface area contributed by atoms with Crippen molar-refractivity contribution in [2.45, 2.75) is 6.42 Å². The highest BCUT2D eigenvalue weighted by Crippen LogP contribution is 2.22. The maximum absolute atomic E-state index is 11.1. The van der Waals surface area contributed by atoms with Gasteiger partial charge in [-0.05, 0) is 34.9 Å². The molecule has 7 nitrogen and oxygen atoms in total. The molecule has 0 fully saturated rings. The van der Waals surface area contributed by atoms with Gasteiger partial charge in [-0.3, -0.25) is 0 Å². The third-order valence-corrected chi connectivity index (χ3v) is 4.21. The van der Waals surface area contributed by atoms with E-state index in [0.29, 0.717) is 31.9 Å². The molecule has 2 rings (SSSR count). The number of alkyl carbamates (subject to hydrolysis) is 1. The molecule has 0 aliphatic rings. The van der Waals surface area contributed by atoms with Crippen molar-refractivity contribution in [2.75, 3.05) is 33.1 Å². The fraction of sp³-hybridized carbons (Fsp3) is 0.353. The number of fused-ring (bicyclic) bond motifs is 1. The molecule has 0 spiro atoms. The maximum Gasteiger partial charge on any atom is 0.406 e. The predicted octanol–water partition coefficient (Wildman–Crippen LogP) is 1.67. The van der Waals surface area contributed by atoms with Gasteiger partial charge in [-0.2, -0.15) is 0 Å². The standard InChI is InChI=1S/C17H22N2O5S/c1-23-17(20)18-9-10-24-16-6-5-14-11-13(3-4-15(14)12-16)7-8-19-25(2,21)22/h3-6,11-12,19H,7-10H2,1-2H3,(H,18,20). The van der Waals surface area contributed by atoms with Gasteiger partial charge in [0.1, 0.15) is 12.4 Å². The summed E-state index contributed by atoms with van der Waals surface area (Å²) in [5.74, 6) is 0.714. The van der Waals surface area contributed by atoms with Crippen molar-refractivity contribution in [3.8, 4) is 5.75 Å². The topological polar surface area (TPSA) is 93.7 Å². The summed E-state index contributed by atoms with van der Waals surface area (Å²) in [5.41, 5.74) is 1.06. The zero-order chi connectivity index (χ0) is 18.3. The van der Waals surface area contributed by atoms with Crippen molar-refractivity contribution in [2.24, 2.45) is 0 Å². The normalized spacial score (nSPS) is 11.3. The molecule has 0 unspecified atom stereocenters. The van der Waals surface area contributed by atoms with Gasteiger partial charge in [-0.15, -0.1) is 0 Å². The summed E-state index contributed by atoms with van der Waals surface area (Å²) in [7, 11) is -1.85. The van der Waals surface area contributed by atoms with Crippen molar-refractivity contribution in [3.05, 3.63) is 42.0 Å². The highest BCUT2D eigenvalue weighted by molar-refractivity contribution is 7.88. The van der Waals surface area contributed by atoms with Crippen LogP contribution in [0.15, 0.2) is 36.4 Å². The Hall–Kier alpha value is -2.32. The van der Waals surface area contributed by atoms with E-state index in [-0.39, 0.29) is 0 Å². The molecule has 0 aromatic heterocycles. The molecule has 25 heavy (non-hydrogen) atoms. The molecule has 2 N–H and O–H groups in total. The number of hydrogen-bond acceptors (Lipinski definition) is 5. The van der Waals surface area contributed by atoms with Crippen LogP contribution < -0.4 is 14.8 Å². The average molecular weight is 366 g/mol. The lowest BCUT2D eigenvalue weighted by atomic mass is 10.0. The fourth-order valence-electron chi connectivity index (χ4n) is 2.29. The lowest BCUT2D eigenvalue weighted by molar-refractivity contribution is 0.168. The minimum Gasteiger partial charge on any atom is -0.492 e. The average Bonchev–Trinajstić information content (AvgIpc) is 2.57. The summed E-state index contributed by atoms with van der Waals surface area (Å²) in [5, 5.41) is 4.62. The number of benzene rings is 2. The second-order valence-corrected chi connectivity index (χ2v) is 7.36. The largest absolute Gasteiger partial charge is 0.492 e. The van der Waals surface area contributed by atoms with Crippen LogP contribution in [0.5, 0.6) is 5.75 Å². The van der Waals surface area contributed by atoms with Gasteiger partial charge in [0.15, 0.2) is 0 Å². The Balaban J connectivity index is 1.92. The van der Waals surface area contributed by atoms with E-state index in [1.807, 2.05) is 36.4 Å². The number of nitrogens with one attached hydrogen (secondary N) is 2. The van der Waals surface area contributed by atoms with Gasteiger partial charge in [-0.1, -0.05) is 24.3 Å². The quantitative estimate of drug-likeness (QED) is 0.693. The van der Waals surface area contributed by atoms with Gasteiger partial charge < -0.3 is 14.8 Å². The van der Waals surface area contributed by atoms with Gasteiger partial charge >= 0.3 is 6.09 Å². The Morgan fingerprint density at radius 3 is 2.52 bits per heavy atom. The highest BCUT2D eigenvalue weighted by Gasteiger charge is 2.03. The number of amides is 1. The number of sulfonamides is 1. The lowest BCUT2D eigenvalue weighted by Crippen LogP contribution is -2.27. The van der Waals surface area contributed by atoms with E-state index in [2.05, 4.69) is 14.8 Å². The predicted molar refractivity (Wildman–Crippen MR) is 96.4 cm³/mol. The number of carbonyl (C=O) groups is 1. The molecule has 0 heterocycles. The summed E-state index contributed by atoms with van der Waals surface area (Å²) < 4.78 is 34.7. The Morgan fingerprint density at radius 1 is 1.08 bits per heavy atom. The van der Waals surface area contributed by atoms with Crippen LogP contribution in [0.1, 0.15) is 5.56 Å². The third kappa shape index (κ3) is 6.60. The zero-order valence-corrected chi connectivity index (χ0v) is 15.1. The van der Waals surface area contributed by atoms with Crippen molar-refractivity contribution < 1.29 is 22.7 Å². The van der Waals surface area contributed by atoms with Crippen LogP contribution >= 0.6 is 0 Å². The van der Waals surface area contributed by atoms with Crippen LogP contribution in [0.4, 0.5) is 4.79 Å². The molecule has 0 atom stereocenters. The SMILES string of the molecule is COC(=O)NCCOc1ccc2cc(CCNS(C)(=O)=O)ccc2c1. The minimum absolute atomic E-state index is 0.343. The van der Waals surface area contributed by atoms with Crippen molar-refractivity contribution in [3.63, 3.8) is 0 Å². The number of rotatable bonds is 8. The summed E-state index contributed by atoms with van der Waals surface area (Å²) in [6.45, 7) is 1.07. The maximum atomic E-state index is 11.1. The molecule has 0 bridgehead atoms. The van der Waals surface area contributed by atoms with Crippen LogP contribution in [0.3, 0.4) is 0 Å². The van der Waals surface area contributed by atoms with E-state index in [9.17, 15) is 13.2 Å². The van der Waals surface area contributed by atoms with Gasteiger partial charge in [-0.25, -0.2) is 17.9 Å². The Labute approximate surface area is 147 Å². The Morgan fingerprint density at radius 2 is 1.80 bits per heavy atom. The molecular formula is C17H22N2O5S. The first-order valence-corrected chi connectivity index (χ1v) is 9.68. The summed E-state index contributed by atoms with van der Waals surface area (Å²) in [6.07, 6.45) is 1.29. The molecule has 8 heteroatoms. The van der Waals surface area contributed by atoms with Gasteiger partial charge in [0.05, 0.1) is 19.9 Å². The summed E-state index contributed by atoms with van der Waals surface area (Å²) in [4.78, 5) is 10.9. The molecular weight excluding hydrogens is 344 g/mol. The van der Waals surface area contributed by atoms with Crippen LogP contribution in [0.25, 0.3) is 10.8 Å². The molecule has 136 valence electrons. The second-order valence-electron chi connectivity index (χ2n) is 5.53. The Bertz CT molecular complexity index is 836. The summed E-state index contributed by atoms with van der Waals surface area (Å²) in [6, 6.07) is 11.7. The second kappa shape index (κ2) is 8.68. The van der Waals surface area contributed by atoms with E-state index < -0.39 is 16.1 Å². The number of methoxy groups -OCH3 is 1. The monoisotopic (exact) mass is 366 g/mol. The molecule has 2 aromatic carbocycles. The van der Waals surface area contributed by atoms with Crippen LogP contribution in [0.2, 0.25) is 0 Å². The van der Waals surface area contributed by atoms with Crippen LogP contribution in [-0.2, 0) is 21.2 Å². The molecule has 0 radical (unpaired) electrons. The minimum atomic E-state index is -3.16. The molecule has 0 saturated heterocycles. The van der Waals surface area contributed by atoms with E-state index in [0.717, 1.165) is 22.6 Å². The molecule has 0 saturated carbocycles. The van der Waals surface area contributed by atoms with E-state index >= 15 is 0 Å².